The quantitative estimate of drug-likeness (QED) is 0.395. The van der Waals surface area contributed by atoms with Gasteiger partial charge in [-0.1, -0.05) is 18.2 Å². The first-order chi connectivity index (χ1) is 16.2. The van der Waals surface area contributed by atoms with Crippen molar-refractivity contribution in [2.24, 2.45) is 0 Å². The van der Waals surface area contributed by atoms with Gasteiger partial charge in [-0.2, -0.15) is 13.2 Å². The highest BCUT2D eigenvalue weighted by Gasteiger charge is 2.31. The maximum absolute atomic E-state index is 12.7. The first-order valence-corrected chi connectivity index (χ1v) is 10.2. The van der Waals surface area contributed by atoms with Crippen molar-refractivity contribution in [3.8, 4) is 17.3 Å². The van der Waals surface area contributed by atoms with E-state index in [4.69, 9.17) is 4.74 Å². The maximum Gasteiger partial charge on any atom is 0.417 e. The highest BCUT2D eigenvalue weighted by molar-refractivity contribution is 5.88. The van der Waals surface area contributed by atoms with Gasteiger partial charge in [0, 0.05) is 42.1 Å². The molecule has 0 saturated carbocycles. The molecule has 0 spiro atoms. The molecule has 2 aromatic carbocycles. The van der Waals surface area contributed by atoms with Crippen LogP contribution in [0.4, 0.5) is 13.2 Å². The normalized spacial score (nSPS) is 13.5. The van der Waals surface area contributed by atoms with Gasteiger partial charge in [0.15, 0.2) is 6.10 Å². The standard InChI is InChI=1S/C24H20F3N3O4/c1-28-23(33)22(32)21(31)18-13-30(19-5-3-2-4-17(18)19)15-7-9-16(10-8-15)34-20-11-6-14(12-29-20)24(25,26)27/h2-13,21-22,31-32H,1H3,(H,28,33). The SMILES string of the molecule is CNC(=O)C(O)C(O)c1cn(-c2ccc(Oc3ccc(C(F)(F)F)cn3)cc2)c2ccccc12. The molecule has 2 atom stereocenters. The van der Waals surface area contributed by atoms with Gasteiger partial charge in [-0.25, -0.2) is 4.98 Å². The zero-order valence-electron chi connectivity index (χ0n) is 17.8. The number of hydrogen-bond donors (Lipinski definition) is 3. The van der Waals surface area contributed by atoms with E-state index in [1.807, 2.05) is 12.1 Å². The number of carbonyl (C=O) groups excluding carboxylic acids is 1. The van der Waals surface area contributed by atoms with E-state index in [1.165, 1.54) is 7.05 Å². The Morgan fingerprint density at radius 3 is 2.38 bits per heavy atom. The largest absolute Gasteiger partial charge is 0.439 e. The van der Waals surface area contributed by atoms with Crippen molar-refractivity contribution >= 4 is 16.8 Å². The average Bonchev–Trinajstić information content (AvgIpc) is 3.22. The Kier molecular flexibility index (Phi) is 6.27. The number of aliphatic hydroxyl groups excluding tert-OH is 2. The number of likely N-dealkylation sites (N-methyl/N-ethyl adjacent to an activating group) is 1. The fraction of sp³-hybridized carbons (Fsp3) is 0.167. The lowest BCUT2D eigenvalue weighted by molar-refractivity contribution is -0.138. The van der Waals surface area contributed by atoms with E-state index in [9.17, 15) is 28.2 Å². The monoisotopic (exact) mass is 471 g/mol. The Labute approximate surface area is 192 Å². The van der Waals surface area contributed by atoms with Crippen molar-refractivity contribution in [2.45, 2.75) is 18.4 Å². The highest BCUT2D eigenvalue weighted by Crippen LogP contribution is 2.32. The number of hydrogen-bond acceptors (Lipinski definition) is 5. The van der Waals surface area contributed by atoms with Gasteiger partial charge in [0.05, 0.1) is 11.1 Å². The molecule has 10 heteroatoms. The van der Waals surface area contributed by atoms with Crippen LogP contribution in [-0.4, -0.2) is 38.8 Å². The summed E-state index contributed by atoms with van der Waals surface area (Å²) < 4.78 is 45.4. The molecule has 0 aliphatic rings. The summed E-state index contributed by atoms with van der Waals surface area (Å²) in [5, 5.41) is 23.7. The minimum absolute atomic E-state index is 0.0146. The molecular weight excluding hydrogens is 451 g/mol. The second kappa shape index (κ2) is 9.16. The summed E-state index contributed by atoms with van der Waals surface area (Å²) in [4.78, 5) is 15.5. The Balaban J connectivity index is 1.61. The molecule has 0 fully saturated rings. The van der Waals surface area contributed by atoms with Crippen LogP contribution in [-0.2, 0) is 11.0 Å². The summed E-state index contributed by atoms with van der Waals surface area (Å²) in [7, 11) is 1.37. The second-order valence-corrected chi connectivity index (χ2v) is 7.45. The van der Waals surface area contributed by atoms with E-state index >= 15 is 0 Å². The van der Waals surface area contributed by atoms with E-state index in [1.54, 1.807) is 47.2 Å². The molecule has 1 amide bonds. The number of aliphatic hydroxyl groups is 2. The summed E-state index contributed by atoms with van der Waals surface area (Å²) >= 11 is 0. The van der Waals surface area contributed by atoms with Crippen molar-refractivity contribution in [3.05, 3.63) is 84.2 Å². The van der Waals surface area contributed by atoms with E-state index in [-0.39, 0.29) is 5.88 Å². The third-order valence-electron chi connectivity index (χ3n) is 5.28. The first-order valence-electron chi connectivity index (χ1n) is 10.2. The molecular formula is C24H20F3N3O4. The van der Waals surface area contributed by atoms with E-state index in [0.29, 0.717) is 28.6 Å². The minimum atomic E-state index is -4.48. The molecule has 2 unspecified atom stereocenters. The molecule has 0 aliphatic carbocycles. The molecule has 0 saturated heterocycles. The molecule has 176 valence electrons. The second-order valence-electron chi connectivity index (χ2n) is 7.45. The van der Waals surface area contributed by atoms with Gasteiger partial charge >= 0.3 is 6.18 Å². The fourth-order valence-corrected chi connectivity index (χ4v) is 3.52. The molecule has 3 N–H and O–H groups in total. The van der Waals surface area contributed by atoms with Crippen LogP contribution in [0.1, 0.15) is 17.2 Å². The summed E-state index contributed by atoms with van der Waals surface area (Å²) in [6.45, 7) is 0. The number of halogens is 3. The maximum atomic E-state index is 12.7. The number of benzene rings is 2. The number of nitrogens with zero attached hydrogens (tertiary/aromatic N) is 2. The number of carbonyl (C=O) groups is 1. The van der Waals surface area contributed by atoms with Gasteiger partial charge in [-0.15, -0.1) is 0 Å². The summed E-state index contributed by atoms with van der Waals surface area (Å²) in [5.74, 6) is -0.328. The van der Waals surface area contributed by atoms with Crippen LogP contribution in [0.5, 0.6) is 11.6 Å². The van der Waals surface area contributed by atoms with Crippen molar-refractivity contribution in [3.63, 3.8) is 0 Å². The molecule has 7 nitrogen and oxygen atoms in total. The van der Waals surface area contributed by atoms with E-state index in [0.717, 1.165) is 17.6 Å². The predicted octanol–water partition coefficient (Wildman–Crippen LogP) is 3.98. The number of rotatable bonds is 6. The number of para-hydroxylation sites is 1. The zero-order chi connectivity index (χ0) is 24.5. The van der Waals surface area contributed by atoms with Gasteiger partial charge in [-0.05, 0) is 36.4 Å². The molecule has 34 heavy (non-hydrogen) atoms. The van der Waals surface area contributed by atoms with Crippen LogP contribution in [0.25, 0.3) is 16.6 Å². The predicted molar refractivity (Wildman–Crippen MR) is 118 cm³/mol. The minimum Gasteiger partial charge on any atom is -0.439 e. The average molecular weight is 471 g/mol. The number of aromatic nitrogens is 2. The molecule has 4 rings (SSSR count). The lowest BCUT2D eigenvalue weighted by atomic mass is 10.0. The topological polar surface area (TPSA) is 96.6 Å². The smallest absolute Gasteiger partial charge is 0.417 e. The lowest BCUT2D eigenvalue weighted by Crippen LogP contribution is -2.36. The van der Waals surface area contributed by atoms with Gasteiger partial charge in [0.1, 0.15) is 11.9 Å². The van der Waals surface area contributed by atoms with Crippen molar-refractivity contribution in [1.29, 1.82) is 0 Å². The Hall–Kier alpha value is -3.89. The number of nitrogens with one attached hydrogen (secondary N) is 1. The molecule has 0 radical (unpaired) electrons. The third-order valence-corrected chi connectivity index (χ3v) is 5.28. The van der Waals surface area contributed by atoms with Crippen molar-refractivity contribution in [1.82, 2.24) is 14.9 Å². The number of amides is 1. The molecule has 4 aromatic rings. The van der Waals surface area contributed by atoms with Gasteiger partial charge in [0.2, 0.25) is 5.88 Å². The van der Waals surface area contributed by atoms with Crippen LogP contribution < -0.4 is 10.1 Å². The molecule has 0 aliphatic heterocycles. The Morgan fingerprint density at radius 2 is 1.76 bits per heavy atom. The van der Waals surface area contributed by atoms with Gasteiger partial charge in [-0.3, -0.25) is 4.79 Å². The van der Waals surface area contributed by atoms with Crippen LogP contribution >= 0.6 is 0 Å². The summed E-state index contributed by atoms with van der Waals surface area (Å²) in [5.41, 5.74) is 0.936. The molecule has 0 bridgehead atoms. The Morgan fingerprint density at radius 1 is 1.06 bits per heavy atom. The fourth-order valence-electron chi connectivity index (χ4n) is 3.52. The number of alkyl halides is 3. The zero-order valence-corrected chi connectivity index (χ0v) is 17.8. The van der Waals surface area contributed by atoms with Crippen LogP contribution in [0.3, 0.4) is 0 Å². The Bertz CT molecular complexity index is 1300. The summed E-state index contributed by atoms with van der Waals surface area (Å²) in [6, 6.07) is 15.9. The highest BCUT2D eigenvalue weighted by atomic mass is 19.4. The van der Waals surface area contributed by atoms with Crippen LogP contribution in [0.15, 0.2) is 73.1 Å². The molecule has 2 aromatic heterocycles. The van der Waals surface area contributed by atoms with Crippen LogP contribution in [0.2, 0.25) is 0 Å². The number of fused-ring (bicyclic) bond motifs is 1. The number of pyridine rings is 1. The number of ether oxygens (including phenoxy) is 1. The third kappa shape index (κ3) is 4.59. The van der Waals surface area contributed by atoms with E-state index in [2.05, 4.69) is 10.3 Å². The first kappa shape index (κ1) is 23.3. The lowest BCUT2D eigenvalue weighted by Gasteiger charge is -2.15. The van der Waals surface area contributed by atoms with Crippen LogP contribution in [0, 0.1) is 0 Å². The van der Waals surface area contributed by atoms with Crippen molar-refractivity contribution < 1.29 is 32.9 Å². The van der Waals surface area contributed by atoms with Crippen molar-refractivity contribution in [2.75, 3.05) is 7.05 Å². The van der Waals surface area contributed by atoms with Gasteiger partial charge in [0.25, 0.3) is 5.91 Å². The van der Waals surface area contributed by atoms with Gasteiger partial charge < -0.3 is 24.8 Å². The molecule has 2 heterocycles. The summed E-state index contributed by atoms with van der Waals surface area (Å²) in [6.07, 6.45) is -5.23. The van der Waals surface area contributed by atoms with E-state index < -0.39 is 29.9 Å².